The predicted octanol–water partition coefficient (Wildman–Crippen LogP) is 1.94. The van der Waals surface area contributed by atoms with Crippen molar-refractivity contribution in [2.75, 3.05) is 6.54 Å². The molecule has 29 heavy (non-hydrogen) atoms. The van der Waals surface area contributed by atoms with E-state index in [2.05, 4.69) is 30.2 Å². The fourth-order valence-electron chi connectivity index (χ4n) is 4.67. The highest BCUT2D eigenvalue weighted by atomic mass is 16.6. The molecule has 1 N–H and O–H groups in total. The van der Waals surface area contributed by atoms with Crippen LogP contribution < -0.4 is 10.8 Å². The zero-order chi connectivity index (χ0) is 21.4. The first-order valence-electron chi connectivity index (χ1n) is 10.7. The van der Waals surface area contributed by atoms with Crippen molar-refractivity contribution < 1.29 is 14.3 Å². The van der Waals surface area contributed by atoms with E-state index in [1.807, 2.05) is 39.7 Å². The molecule has 1 fully saturated rings. The van der Waals surface area contributed by atoms with Crippen molar-refractivity contribution in [3.05, 3.63) is 23.5 Å². The first-order valence-corrected chi connectivity index (χ1v) is 10.7. The van der Waals surface area contributed by atoms with E-state index in [4.69, 9.17) is 4.74 Å². The molecule has 2 atom stereocenters. The minimum atomic E-state index is -0.527. The number of carbonyl (C=O) groups is 2. The minimum absolute atomic E-state index is 0.0304. The lowest BCUT2D eigenvalue weighted by atomic mass is 9.74. The Balaban J connectivity index is 1.71. The Morgan fingerprint density at radius 1 is 1.38 bits per heavy atom. The average molecular weight is 399 g/mol. The van der Waals surface area contributed by atoms with Crippen molar-refractivity contribution in [1.82, 2.24) is 15.2 Å². The highest BCUT2D eigenvalue weighted by Gasteiger charge is 2.50. The van der Waals surface area contributed by atoms with Crippen LogP contribution in [0.15, 0.2) is 12.3 Å². The van der Waals surface area contributed by atoms with E-state index >= 15 is 0 Å². The predicted molar refractivity (Wildman–Crippen MR) is 116 cm³/mol. The van der Waals surface area contributed by atoms with Gasteiger partial charge in [-0.2, -0.15) is 0 Å². The number of pyridine rings is 1. The third-order valence-corrected chi connectivity index (χ3v) is 6.27. The van der Waals surface area contributed by atoms with Gasteiger partial charge < -0.3 is 15.0 Å². The average Bonchev–Trinajstić information content (AvgIpc) is 3.03. The molecule has 1 aliphatic carbocycles. The second-order valence-corrected chi connectivity index (χ2v) is 9.99. The molecule has 2 amide bonds. The number of nitrogens with one attached hydrogen (secondary N) is 1. The van der Waals surface area contributed by atoms with Gasteiger partial charge in [0.2, 0.25) is 5.91 Å². The third kappa shape index (κ3) is 4.76. The number of ether oxygens (including phenoxy) is 1. The molecule has 7 heteroatoms. The minimum Gasteiger partial charge on any atom is -0.444 e. The largest absolute Gasteiger partial charge is 0.444 e. The number of fused-ring (bicyclic) bond motifs is 1. The van der Waals surface area contributed by atoms with Gasteiger partial charge in [0.05, 0.1) is 5.41 Å². The highest BCUT2D eigenvalue weighted by molar-refractivity contribution is 6.32. The van der Waals surface area contributed by atoms with Gasteiger partial charge in [0.15, 0.2) is 0 Å². The molecule has 6 nitrogen and oxygen atoms in total. The van der Waals surface area contributed by atoms with Crippen LogP contribution in [0.25, 0.3) is 0 Å². The van der Waals surface area contributed by atoms with Crippen LogP contribution >= 0.6 is 0 Å². The fraction of sp³-hybridized carbons (Fsp3) is 0.682. The quantitative estimate of drug-likeness (QED) is 0.789. The normalized spacial score (nSPS) is 24.3. The lowest BCUT2D eigenvalue weighted by Crippen LogP contribution is -2.48. The van der Waals surface area contributed by atoms with Gasteiger partial charge in [-0.25, -0.2) is 4.79 Å². The lowest BCUT2D eigenvalue weighted by Gasteiger charge is -2.39. The van der Waals surface area contributed by atoms with Crippen molar-refractivity contribution >= 4 is 25.3 Å². The molecule has 0 aromatic carbocycles. The molecule has 2 aliphatic rings. The molecule has 3 rings (SSSR count). The van der Waals surface area contributed by atoms with Gasteiger partial charge in [0, 0.05) is 37.4 Å². The standard InChI is InChI=1S/C22H34BN3O3/c1-14(2)22(8-6-17(11-22)25-20(28)29-21(3,4)5)19(27)26-9-7-18-15(13-26)10-16(23)12-24-18/h10,12,14,17H,6-9,11,13,23H2,1-5H3,(H,25,28)/t17-,22+/m1/s1. The molecular weight excluding hydrogens is 365 g/mol. The van der Waals surface area contributed by atoms with Crippen LogP contribution in [0.2, 0.25) is 0 Å². The molecule has 2 heterocycles. The monoisotopic (exact) mass is 399 g/mol. The Morgan fingerprint density at radius 2 is 2.10 bits per heavy atom. The third-order valence-electron chi connectivity index (χ3n) is 6.27. The van der Waals surface area contributed by atoms with Crippen molar-refractivity contribution in [3.63, 3.8) is 0 Å². The van der Waals surface area contributed by atoms with Gasteiger partial charge in [0.1, 0.15) is 13.4 Å². The first-order chi connectivity index (χ1) is 13.5. The molecule has 0 spiro atoms. The number of hydrogen-bond donors (Lipinski definition) is 1. The zero-order valence-electron chi connectivity index (χ0n) is 18.7. The fourth-order valence-corrected chi connectivity index (χ4v) is 4.67. The van der Waals surface area contributed by atoms with E-state index in [0.717, 1.165) is 36.0 Å². The zero-order valence-corrected chi connectivity index (χ0v) is 18.7. The number of carbonyl (C=O) groups excluding carboxylic acids is 2. The molecule has 1 aromatic heterocycles. The molecule has 0 bridgehead atoms. The summed E-state index contributed by atoms with van der Waals surface area (Å²) in [5.74, 6) is 0.422. The Hall–Kier alpha value is -2.05. The van der Waals surface area contributed by atoms with E-state index < -0.39 is 17.1 Å². The molecule has 158 valence electrons. The Labute approximate surface area is 175 Å². The summed E-state index contributed by atoms with van der Waals surface area (Å²) in [6, 6.07) is 2.11. The van der Waals surface area contributed by atoms with Crippen molar-refractivity contribution in [2.45, 2.75) is 78.5 Å². The number of alkyl carbamates (subject to hydrolysis) is 1. The molecule has 1 aromatic rings. The van der Waals surface area contributed by atoms with E-state index in [1.54, 1.807) is 0 Å². The van der Waals surface area contributed by atoms with Crippen LogP contribution in [0, 0.1) is 11.3 Å². The number of aromatic nitrogens is 1. The molecular formula is C22H34BN3O3. The smallest absolute Gasteiger partial charge is 0.407 e. The van der Waals surface area contributed by atoms with Crippen LogP contribution in [0.5, 0.6) is 0 Å². The van der Waals surface area contributed by atoms with Gasteiger partial charge in [-0.3, -0.25) is 9.78 Å². The SMILES string of the molecule is Bc1cnc2c(c1)CN(C(=O)[C@@]1(C(C)C)CC[C@@H](NC(=O)OC(C)(C)C)C1)CC2. The Kier molecular flexibility index (Phi) is 5.97. The maximum atomic E-state index is 13.7. The van der Waals surface area contributed by atoms with Gasteiger partial charge in [-0.15, -0.1) is 0 Å². The molecule has 0 radical (unpaired) electrons. The van der Waals surface area contributed by atoms with Gasteiger partial charge in [-0.1, -0.05) is 25.4 Å². The van der Waals surface area contributed by atoms with Crippen molar-refractivity contribution in [3.8, 4) is 0 Å². The number of hydrogen-bond acceptors (Lipinski definition) is 4. The summed E-state index contributed by atoms with van der Waals surface area (Å²) in [6.07, 6.45) is 4.56. The van der Waals surface area contributed by atoms with Gasteiger partial charge >= 0.3 is 6.09 Å². The van der Waals surface area contributed by atoms with E-state index in [1.165, 1.54) is 0 Å². The summed E-state index contributed by atoms with van der Waals surface area (Å²) in [7, 11) is 2.04. The van der Waals surface area contributed by atoms with Crippen molar-refractivity contribution in [1.29, 1.82) is 0 Å². The van der Waals surface area contributed by atoms with Crippen LogP contribution in [0.3, 0.4) is 0 Å². The van der Waals surface area contributed by atoms with Crippen LogP contribution in [-0.4, -0.2) is 47.9 Å². The van der Waals surface area contributed by atoms with Crippen LogP contribution in [-0.2, 0) is 22.5 Å². The summed E-state index contributed by atoms with van der Waals surface area (Å²) in [6.45, 7) is 11.1. The number of nitrogens with zero attached hydrogens (tertiary/aromatic N) is 2. The lowest BCUT2D eigenvalue weighted by molar-refractivity contribution is -0.145. The van der Waals surface area contributed by atoms with Gasteiger partial charge in [-0.05, 0) is 51.5 Å². The number of rotatable bonds is 3. The summed E-state index contributed by atoms with van der Waals surface area (Å²) >= 11 is 0. The first kappa shape index (κ1) is 21.7. The summed E-state index contributed by atoms with van der Waals surface area (Å²) in [5.41, 5.74) is 2.42. The van der Waals surface area contributed by atoms with E-state index in [-0.39, 0.29) is 17.9 Å². The molecule has 1 aliphatic heterocycles. The Bertz CT molecular complexity index is 790. The topological polar surface area (TPSA) is 71.5 Å². The maximum absolute atomic E-state index is 13.7. The van der Waals surface area contributed by atoms with Crippen LogP contribution in [0.1, 0.15) is 65.1 Å². The second kappa shape index (κ2) is 8.00. The molecule has 1 saturated carbocycles. The molecule has 0 saturated heterocycles. The van der Waals surface area contributed by atoms with E-state index in [9.17, 15) is 9.59 Å². The summed E-state index contributed by atoms with van der Waals surface area (Å²) in [5, 5.41) is 2.98. The summed E-state index contributed by atoms with van der Waals surface area (Å²) < 4.78 is 5.40. The maximum Gasteiger partial charge on any atom is 0.407 e. The van der Waals surface area contributed by atoms with Crippen LogP contribution in [0.4, 0.5) is 4.79 Å². The number of amides is 2. The second-order valence-electron chi connectivity index (χ2n) is 9.99. The van der Waals surface area contributed by atoms with Gasteiger partial charge in [0.25, 0.3) is 0 Å². The Morgan fingerprint density at radius 3 is 2.76 bits per heavy atom. The van der Waals surface area contributed by atoms with E-state index in [0.29, 0.717) is 19.5 Å². The highest BCUT2D eigenvalue weighted by Crippen LogP contribution is 2.46. The molecule has 0 unspecified atom stereocenters. The van der Waals surface area contributed by atoms with Crippen molar-refractivity contribution in [2.24, 2.45) is 11.3 Å². The summed E-state index contributed by atoms with van der Waals surface area (Å²) in [4.78, 5) is 32.4.